The molecule has 11 heteroatoms. The maximum absolute atomic E-state index is 12.3. The van der Waals surface area contributed by atoms with Crippen LogP contribution < -0.4 is 0 Å². The summed E-state index contributed by atoms with van der Waals surface area (Å²) in [5, 5.41) is 17.5. The first-order valence-corrected chi connectivity index (χ1v) is 6.44. The van der Waals surface area contributed by atoms with Gasteiger partial charge in [0.25, 0.3) is 0 Å². The lowest BCUT2D eigenvalue weighted by molar-refractivity contribution is -0.156. The molecule has 2 atom stereocenters. The Hall–Kier alpha value is -1.36. The summed E-state index contributed by atoms with van der Waals surface area (Å²) in [7, 11) is -5.64. The summed E-state index contributed by atoms with van der Waals surface area (Å²) < 4.78 is 59.1. The molecule has 1 heterocycles. The largest absolute Gasteiger partial charge is 0.511 e. The van der Waals surface area contributed by atoms with E-state index < -0.39 is 58.8 Å². The van der Waals surface area contributed by atoms with E-state index in [1.807, 2.05) is 0 Å². The number of carbonyl (C=O) groups is 2. The van der Waals surface area contributed by atoms with Crippen LogP contribution in [0.2, 0.25) is 0 Å². The smallest absolute Gasteiger partial charge is 0.481 e. The zero-order valence-corrected chi connectivity index (χ0v) is 10.1. The third-order valence-electron chi connectivity index (χ3n) is 2.84. The van der Waals surface area contributed by atoms with Crippen molar-refractivity contribution in [2.45, 2.75) is 11.9 Å². The van der Waals surface area contributed by atoms with E-state index in [0.717, 1.165) is 0 Å². The summed E-state index contributed by atoms with van der Waals surface area (Å²) in [5.41, 5.74) is -5.54. The maximum atomic E-state index is 12.3. The van der Waals surface area contributed by atoms with Gasteiger partial charge in [-0.2, -0.15) is 17.5 Å². The second-order valence-electron chi connectivity index (χ2n) is 3.99. The van der Waals surface area contributed by atoms with Crippen LogP contribution in [0.15, 0.2) is 0 Å². The third kappa shape index (κ3) is 2.97. The molecule has 110 valence electrons. The number of carboxylic acid groups (broad SMARTS) is 2. The number of nitrogens with zero attached hydrogens (tertiary/aromatic N) is 1. The van der Waals surface area contributed by atoms with E-state index in [2.05, 4.69) is 0 Å². The minimum absolute atomic E-state index is 0.0365. The number of hydrogen-bond acceptors (Lipinski definition) is 4. The summed E-state index contributed by atoms with van der Waals surface area (Å²) in [6, 6.07) is 0. The summed E-state index contributed by atoms with van der Waals surface area (Å²) in [4.78, 5) is 21.6. The molecule has 1 fully saturated rings. The molecule has 1 aliphatic heterocycles. The summed E-state index contributed by atoms with van der Waals surface area (Å²) in [5.74, 6) is -6.23. The van der Waals surface area contributed by atoms with Crippen LogP contribution in [-0.4, -0.2) is 53.5 Å². The van der Waals surface area contributed by atoms with E-state index >= 15 is 0 Å². The van der Waals surface area contributed by atoms with Gasteiger partial charge >= 0.3 is 27.5 Å². The van der Waals surface area contributed by atoms with E-state index in [-0.39, 0.29) is 4.31 Å². The van der Waals surface area contributed by atoms with Gasteiger partial charge < -0.3 is 10.2 Å². The maximum Gasteiger partial charge on any atom is 0.511 e. The van der Waals surface area contributed by atoms with Crippen molar-refractivity contribution in [1.82, 2.24) is 4.31 Å². The number of alkyl halides is 3. The molecule has 0 aliphatic carbocycles. The molecule has 0 aromatic rings. The third-order valence-corrected chi connectivity index (χ3v) is 4.44. The van der Waals surface area contributed by atoms with E-state index in [9.17, 15) is 31.2 Å². The Morgan fingerprint density at radius 3 is 1.95 bits per heavy atom. The van der Waals surface area contributed by atoms with Gasteiger partial charge in [-0.3, -0.25) is 9.59 Å². The Kier molecular flexibility index (Phi) is 4.10. The average molecular weight is 305 g/mol. The summed E-state index contributed by atoms with van der Waals surface area (Å²) in [6.45, 7) is -1.68. The van der Waals surface area contributed by atoms with Crippen LogP contribution in [0.4, 0.5) is 13.2 Å². The van der Waals surface area contributed by atoms with E-state index in [1.54, 1.807) is 0 Å². The molecule has 0 radical (unpaired) electrons. The highest BCUT2D eigenvalue weighted by Gasteiger charge is 2.53. The SMILES string of the molecule is O=C(O)C1CCN(S(=O)(=O)C(F)(F)F)CC1C(=O)O. The van der Waals surface area contributed by atoms with Gasteiger partial charge in [-0.05, 0) is 6.42 Å². The fourth-order valence-electron chi connectivity index (χ4n) is 1.83. The molecule has 7 nitrogen and oxygen atoms in total. The zero-order valence-electron chi connectivity index (χ0n) is 9.29. The van der Waals surface area contributed by atoms with Crippen molar-refractivity contribution in [1.29, 1.82) is 0 Å². The highest BCUT2D eigenvalue weighted by molar-refractivity contribution is 7.90. The zero-order chi connectivity index (χ0) is 15.0. The number of aliphatic carboxylic acids is 2. The number of sulfonamides is 1. The van der Waals surface area contributed by atoms with Gasteiger partial charge in [0.15, 0.2) is 0 Å². The van der Waals surface area contributed by atoms with Crippen LogP contribution in [0, 0.1) is 11.8 Å². The Morgan fingerprint density at radius 2 is 1.58 bits per heavy atom. The van der Waals surface area contributed by atoms with Gasteiger partial charge in [0.2, 0.25) is 0 Å². The number of hydrogen-bond donors (Lipinski definition) is 2. The van der Waals surface area contributed by atoms with Crippen LogP contribution in [-0.2, 0) is 19.6 Å². The van der Waals surface area contributed by atoms with Crippen LogP contribution in [0.1, 0.15) is 6.42 Å². The number of halogens is 3. The van der Waals surface area contributed by atoms with Crippen molar-refractivity contribution in [3.05, 3.63) is 0 Å². The number of rotatable bonds is 3. The van der Waals surface area contributed by atoms with Crippen molar-refractivity contribution in [2.24, 2.45) is 11.8 Å². The monoisotopic (exact) mass is 305 g/mol. The van der Waals surface area contributed by atoms with Crippen LogP contribution in [0.3, 0.4) is 0 Å². The van der Waals surface area contributed by atoms with Gasteiger partial charge in [-0.1, -0.05) is 0 Å². The minimum atomic E-state index is -5.64. The topological polar surface area (TPSA) is 112 Å². The van der Waals surface area contributed by atoms with Gasteiger partial charge in [0.1, 0.15) is 0 Å². The lowest BCUT2D eigenvalue weighted by Crippen LogP contribution is -2.51. The van der Waals surface area contributed by atoms with Gasteiger partial charge in [0, 0.05) is 13.1 Å². The fraction of sp³-hybridized carbons (Fsp3) is 0.750. The molecule has 0 saturated carbocycles. The Balaban J connectivity index is 3.01. The summed E-state index contributed by atoms with van der Waals surface area (Å²) >= 11 is 0. The molecule has 0 aromatic carbocycles. The fourth-order valence-corrected chi connectivity index (χ4v) is 2.83. The predicted molar refractivity (Wildman–Crippen MR) is 53.4 cm³/mol. The van der Waals surface area contributed by atoms with Crippen molar-refractivity contribution in [3.8, 4) is 0 Å². The molecule has 2 unspecified atom stereocenters. The molecule has 0 bridgehead atoms. The number of carboxylic acids is 2. The Bertz CT molecular complexity index is 487. The first kappa shape index (κ1) is 15.7. The molecule has 2 N–H and O–H groups in total. The lowest BCUT2D eigenvalue weighted by atomic mass is 9.86. The predicted octanol–water partition coefficient (Wildman–Crippen LogP) is -0.0567. The van der Waals surface area contributed by atoms with Crippen LogP contribution >= 0.6 is 0 Å². The van der Waals surface area contributed by atoms with E-state index in [4.69, 9.17) is 10.2 Å². The Labute approximate surface area is 105 Å². The molecule has 1 aliphatic rings. The molecule has 1 saturated heterocycles. The molecule has 19 heavy (non-hydrogen) atoms. The van der Waals surface area contributed by atoms with Gasteiger partial charge in [0.05, 0.1) is 11.8 Å². The molecule has 0 spiro atoms. The second kappa shape index (κ2) is 4.96. The van der Waals surface area contributed by atoms with Gasteiger partial charge in [-0.15, -0.1) is 0 Å². The highest BCUT2D eigenvalue weighted by Crippen LogP contribution is 2.32. The Morgan fingerprint density at radius 1 is 1.11 bits per heavy atom. The molecule has 0 amide bonds. The summed E-state index contributed by atoms with van der Waals surface area (Å²) in [6.07, 6.45) is -0.485. The van der Waals surface area contributed by atoms with E-state index in [0.29, 0.717) is 0 Å². The number of piperidine rings is 1. The van der Waals surface area contributed by atoms with Gasteiger partial charge in [-0.25, -0.2) is 8.42 Å². The first-order valence-electron chi connectivity index (χ1n) is 5.00. The second-order valence-corrected chi connectivity index (χ2v) is 5.92. The van der Waals surface area contributed by atoms with Crippen LogP contribution in [0.25, 0.3) is 0 Å². The lowest BCUT2D eigenvalue weighted by Gasteiger charge is -2.33. The first-order chi connectivity index (χ1) is 8.48. The van der Waals surface area contributed by atoms with Crippen molar-refractivity contribution in [2.75, 3.05) is 13.1 Å². The average Bonchev–Trinajstić information content (AvgIpc) is 2.26. The molecule has 1 rings (SSSR count). The normalized spacial score (nSPS) is 26.1. The molecular weight excluding hydrogens is 295 g/mol. The molecular formula is C8H10F3NO6S. The standard InChI is InChI=1S/C8H10F3NO6S/c9-8(10,11)19(17,18)12-2-1-4(6(13)14)5(3-12)7(15)16/h4-5H,1-3H2,(H,13,14)(H,15,16). The van der Waals surface area contributed by atoms with Crippen molar-refractivity contribution < 1.29 is 41.4 Å². The highest BCUT2D eigenvalue weighted by atomic mass is 32.2. The van der Waals surface area contributed by atoms with Crippen molar-refractivity contribution >= 4 is 22.0 Å². The minimum Gasteiger partial charge on any atom is -0.481 e. The van der Waals surface area contributed by atoms with Crippen molar-refractivity contribution in [3.63, 3.8) is 0 Å². The van der Waals surface area contributed by atoms with Crippen LogP contribution in [0.5, 0.6) is 0 Å². The molecule has 0 aromatic heterocycles. The quantitative estimate of drug-likeness (QED) is 0.755. The van der Waals surface area contributed by atoms with E-state index in [1.165, 1.54) is 0 Å².